The summed E-state index contributed by atoms with van der Waals surface area (Å²) in [5.41, 5.74) is 0. The number of piperidine rings is 1. The highest BCUT2D eigenvalue weighted by atomic mass is 16.2. The number of rotatable bonds is 6. The van der Waals surface area contributed by atoms with Crippen LogP contribution in [0.3, 0.4) is 0 Å². The average Bonchev–Trinajstić information content (AvgIpc) is 2.29. The summed E-state index contributed by atoms with van der Waals surface area (Å²) in [6.07, 6.45) is 2.09. The molecule has 1 aliphatic heterocycles. The molecule has 0 saturated carbocycles. The lowest BCUT2D eigenvalue weighted by atomic mass is 9.96. The van der Waals surface area contributed by atoms with Crippen LogP contribution in [0.1, 0.15) is 33.6 Å². The molecule has 0 aromatic heterocycles. The fourth-order valence-corrected chi connectivity index (χ4v) is 2.71. The van der Waals surface area contributed by atoms with Gasteiger partial charge in [-0.2, -0.15) is 0 Å². The number of likely N-dealkylation sites (N-methyl/N-ethyl adjacent to an activating group) is 2. The first-order chi connectivity index (χ1) is 8.47. The van der Waals surface area contributed by atoms with Gasteiger partial charge in [0.15, 0.2) is 0 Å². The molecule has 4 nitrogen and oxygen atoms in total. The zero-order chi connectivity index (χ0) is 13.7. The van der Waals surface area contributed by atoms with Crippen LogP contribution in [-0.2, 0) is 4.79 Å². The summed E-state index contributed by atoms with van der Waals surface area (Å²) in [6.45, 7) is 9.20. The van der Waals surface area contributed by atoms with Gasteiger partial charge >= 0.3 is 0 Å². The smallest absolute Gasteiger partial charge is 0.240 e. The first-order valence-electron chi connectivity index (χ1n) is 7.16. The van der Waals surface area contributed by atoms with E-state index in [-0.39, 0.29) is 6.04 Å². The molecule has 4 heteroatoms. The summed E-state index contributed by atoms with van der Waals surface area (Å²) in [4.78, 5) is 16.8. The van der Waals surface area contributed by atoms with Crippen molar-refractivity contribution in [1.82, 2.24) is 15.1 Å². The molecule has 0 aromatic rings. The lowest BCUT2D eigenvalue weighted by molar-refractivity contribution is -0.140. The second kappa shape index (κ2) is 7.10. The average molecular weight is 255 g/mol. The molecule has 1 N–H and O–H groups in total. The van der Waals surface area contributed by atoms with Crippen LogP contribution >= 0.6 is 0 Å². The van der Waals surface area contributed by atoms with E-state index < -0.39 is 0 Å². The highest BCUT2D eigenvalue weighted by Crippen LogP contribution is 2.19. The normalized spacial score (nSPS) is 22.9. The van der Waals surface area contributed by atoms with Crippen molar-refractivity contribution in [3.63, 3.8) is 0 Å². The fourth-order valence-electron chi connectivity index (χ4n) is 2.71. The van der Waals surface area contributed by atoms with Crippen LogP contribution in [0.15, 0.2) is 0 Å². The molecule has 0 aromatic carbocycles. The van der Waals surface area contributed by atoms with Gasteiger partial charge in [0.1, 0.15) is 0 Å². The Kier molecular flexibility index (Phi) is 6.09. The minimum Gasteiger partial charge on any atom is -0.337 e. The van der Waals surface area contributed by atoms with E-state index in [0.717, 1.165) is 32.5 Å². The van der Waals surface area contributed by atoms with Crippen LogP contribution in [-0.4, -0.2) is 61.5 Å². The predicted octanol–water partition coefficient (Wildman–Crippen LogP) is 1.17. The molecule has 1 amide bonds. The SMILES string of the molecule is CCNC1CCCN(C(CN(C)C)C(C)C)C1=O. The molecule has 18 heavy (non-hydrogen) atoms. The van der Waals surface area contributed by atoms with Crippen LogP contribution in [0.25, 0.3) is 0 Å². The van der Waals surface area contributed by atoms with Gasteiger partial charge in [-0.05, 0) is 39.4 Å². The standard InChI is InChI=1S/C14H29N3O/c1-6-15-12-8-7-9-17(14(12)18)13(11(2)3)10-16(4)5/h11-13,15H,6-10H2,1-5H3. The number of amides is 1. The van der Waals surface area contributed by atoms with Crippen molar-refractivity contribution in [2.45, 2.75) is 45.7 Å². The molecule has 0 radical (unpaired) electrons. The highest BCUT2D eigenvalue weighted by molar-refractivity contribution is 5.83. The molecule has 1 heterocycles. The molecule has 2 unspecified atom stereocenters. The summed E-state index contributed by atoms with van der Waals surface area (Å²) < 4.78 is 0. The number of carbonyl (C=O) groups excluding carboxylic acids is 1. The first kappa shape index (κ1) is 15.4. The van der Waals surface area contributed by atoms with Crippen LogP contribution in [0.4, 0.5) is 0 Å². The van der Waals surface area contributed by atoms with Gasteiger partial charge in [-0.3, -0.25) is 4.79 Å². The topological polar surface area (TPSA) is 35.6 Å². The third-order valence-electron chi connectivity index (χ3n) is 3.65. The Bertz CT molecular complexity index is 264. The van der Waals surface area contributed by atoms with Crippen LogP contribution in [0.2, 0.25) is 0 Å². The first-order valence-corrected chi connectivity index (χ1v) is 7.16. The summed E-state index contributed by atoms with van der Waals surface area (Å²) in [7, 11) is 4.15. The molecule has 1 aliphatic rings. The molecule has 0 aliphatic carbocycles. The monoisotopic (exact) mass is 255 g/mol. The zero-order valence-electron chi connectivity index (χ0n) is 12.6. The van der Waals surface area contributed by atoms with Gasteiger partial charge in [-0.15, -0.1) is 0 Å². The molecule has 1 saturated heterocycles. The van der Waals surface area contributed by atoms with Gasteiger partial charge in [0.2, 0.25) is 5.91 Å². The Morgan fingerprint density at radius 1 is 1.44 bits per heavy atom. The van der Waals surface area contributed by atoms with Gasteiger partial charge in [0, 0.05) is 19.1 Å². The number of nitrogens with zero attached hydrogens (tertiary/aromatic N) is 2. The van der Waals surface area contributed by atoms with Crippen molar-refractivity contribution >= 4 is 5.91 Å². The summed E-state index contributed by atoms with van der Waals surface area (Å²) >= 11 is 0. The number of hydrogen-bond acceptors (Lipinski definition) is 3. The fraction of sp³-hybridized carbons (Fsp3) is 0.929. The molecule has 2 atom stereocenters. The van der Waals surface area contributed by atoms with Gasteiger partial charge in [0.05, 0.1) is 6.04 Å². The number of carbonyl (C=O) groups is 1. The van der Waals surface area contributed by atoms with Crippen LogP contribution in [0, 0.1) is 5.92 Å². The van der Waals surface area contributed by atoms with Gasteiger partial charge in [-0.25, -0.2) is 0 Å². The van der Waals surface area contributed by atoms with Gasteiger partial charge in [-0.1, -0.05) is 20.8 Å². The number of nitrogens with one attached hydrogen (secondary N) is 1. The Labute approximate surface area is 112 Å². The maximum atomic E-state index is 12.5. The van der Waals surface area contributed by atoms with Crippen molar-refractivity contribution < 1.29 is 4.79 Å². The van der Waals surface area contributed by atoms with Crippen LogP contribution < -0.4 is 5.32 Å². The van der Waals surface area contributed by atoms with E-state index in [0.29, 0.717) is 17.9 Å². The maximum absolute atomic E-state index is 12.5. The summed E-state index contributed by atoms with van der Waals surface area (Å²) in [6, 6.07) is 0.362. The quantitative estimate of drug-likeness (QED) is 0.774. The third-order valence-corrected chi connectivity index (χ3v) is 3.65. The van der Waals surface area contributed by atoms with Gasteiger partial charge < -0.3 is 15.1 Å². The molecular weight excluding hydrogens is 226 g/mol. The van der Waals surface area contributed by atoms with Gasteiger partial charge in [0.25, 0.3) is 0 Å². The van der Waals surface area contributed by atoms with E-state index >= 15 is 0 Å². The minimum absolute atomic E-state index is 0.0344. The van der Waals surface area contributed by atoms with E-state index in [2.05, 4.69) is 50.0 Å². The third kappa shape index (κ3) is 3.95. The van der Waals surface area contributed by atoms with E-state index in [9.17, 15) is 4.79 Å². The lowest BCUT2D eigenvalue weighted by Gasteiger charge is -2.41. The minimum atomic E-state index is 0.0344. The molecule has 0 bridgehead atoms. The molecule has 106 valence electrons. The molecular formula is C14H29N3O. The van der Waals surface area contributed by atoms with Crippen molar-refractivity contribution in [2.75, 3.05) is 33.7 Å². The zero-order valence-corrected chi connectivity index (χ0v) is 12.6. The molecule has 1 rings (SSSR count). The van der Waals surface area contributed by atoms with E-state index in [1.807, 2.05) is 0 Å². The van der Waals surface area contributed by atoms with E-state index in [4.69, 9.17) is 0 Å². The molecule has 0 spiro atoms. The Balaban J connectivity index is 2.74. The second-order valence-electron chi connectivity index (χ2n) is 5.86. The summed E-state index contributed by atoms with van der Waals surface area (Å²) in [5, 5.41) is 3.31. The Morgan fingerprint density at radius 2 is 2.11 bits per heavy atom. The van der Waals surface area contributed by atoms with Crippen molar-refractivity contribution in [3.05, 3.63) is 0 Å². The maximum Gasteiger partial charge on any atom is 0.240 e. The Hall–Kier alpha value is -0.610. The predicted molar refractivity (Wildman–Crippen MR) is 75.6 cm³/mol. The van der Waals surface area contributed by atoms with Crippen LogP contribution in [0.5, 0.6) is 0 Å². The van der Waals surface area contributed by atoms with Crippen molar-refractivity contribution in [2.24, 2.45) is 5.92 Å². The van der Waals surface area contributed by atoms with Crippen molar-refractivity contribution in [3.8, 4) is 0 Å². The summed E-state index contributed by atoms with van der Waals surface area (Å²) in [5.74, 6) is 0.792. The van der Waals surface area contributed by atoms with Crippen molar-refractivity contribution in [1.29, 1.82) is 0 Å². The number of hydrogen-bond donors (Lipinski definition) is 1. The van der Waals surface area contributed by atoms with E-state index in [1.54, 1.807) is 0 Å². The number of likely N-dealkylation sites (tertiary alicyclic amines) is 1. The van der Waals surface area contributed by atoms with E-state index in [1.165, 1.54) is 0 Å². The largest absolute Gasteiger partial charge is 0.337 e. The lowest BCUT2D eigenvalue weighted by Crippen LogP contribution is -2.57. The second-order valence-corrected chi connectivity index (χ2v) is 5.86. The molecule has 1 fully saturated rings. The Morgan fingerprint density at radius 3 is 2.61 bits per heavy atom. The highest BCUT2D eigenvalue weighted by Gasteiger charge is 2.33.